The van der Waals surface area contributed by atoms with Crippen LogP contribution >= 0.6 is 0 Å². The first-order valence-electron chi connectivity index (χ1n) is 9.06. The molecule has 1 atom stereocenters. The van der Waals surface area contributed by atoms with Crippen molar-refractivity contribution in [2.45, 2.75) is 31.8 Å². The van der Waals surface area contributed by atoms with Gasteiger partial charge in [-0.3, -0.25) is 4.79 Å². The molecular formula is C22H20O5. The zero-order chi connectivity index (χ0) is 18.8. The average molecular weight is 364 g/mol. The Balaban J connectivity index is 1.71. The van der Waals surface area contributed by atoms with Crippen molar-refractivity contribution >= 4 is 16.8 Å². The molecule has 4 rings (SSSR count). The van der Waals surface area contributed by atoms with E-state index < -0.39 is 11.7 Å². The highest BCUT2D eigenvalue weighted by Crippen LogP contribution is 2.31. The summed E-state index contributed by atoms with van der Waals surface area (Å²) in [5, 5.41) is 0.807. The first-order valence-corrected chi connectivity index (χ1v) is 9.06. The highest BCUT2D eigenvalue weighted by Gasteiger charge is 2.24. The third-order valence-electron chi connectivity index (χ3n) is 4.89. The monoisotopic (exact) mass is 364 g/mol. The molecule has 0 bridgehead atoms. The zero-order valence-corrected chi connectivity index (χ0v) is 15.1. The molecule has 1 aromatic heterocycles. The molecule has 1 aliphatic carbocycles. The Bertz CT molecular complexity index is 1030. The number of hydrogen-bond donors (Lipinski definition) is 0. The highest BCUT2D eigenvalue weighted by molar-refractivity contribution is 5.94. The molecule has 5 heteroatoms. The Morgan fingerprint density at radius 3 is 2.48 bits per heavy atom. The number of methoxy groups -OCH3 is 1. The van der Waals surface area contributed by atoms with Crippen molar-refractivity contribution in [1.29, 1.82) is 0 Å². The lowest BCUT2D eigenvalue weighted by Gasteiger charge is -2.21. The molecule has 0 saturated heterocycles. The Hall–Kier alpha value is -3.08. The van der Waals surface area contributed by atoms with Gasteiger partial charge in [-0.25, -0.2) is 4.79 Å². The van der Waals surface area contributed by atoms with Crippen molar-refractivity contribution in [2.75, 3.05) is 7.11 Å². The molecule has 0 N–H and O–H groups in total. The van der Waals surface area contributed by atoms with Crippen LogP contribution in [0.2, 0.25) is 0 Å². The molecule has 2 aromatic carbocycles. The highest BCUT2D eigenvalue weighted by atomic mass is 16.5. The maximum Gasteiger partial charge on any atom is 0.336 e. The first-order chi connectivity index (χ1) is 13.1. The molecule has 0 aliphatic heterocycles. The Morgan fingerprint density at radius 1 is 0.963 bits per heavy atom. The number of ketones is 1. The smallest absolute Gasteiger partial charge is 0.336 e. The molecule has 27 heavy (non-hydrogen) atoms. The summed E-state index contributed by atoms with van der Waals surface area (Å²) in [4.78, 5) is 24.1. The molecule has 0 radical (unpaired) electrons. The molecule has 5 nitrogen and oxygen atoms in total. The van der Waals surface area contributed by atoms with Gasteiger partial charge in [0, 0.05) is 23.9 Å². The number of fused-ring (bicyclic) bond motifs is 1. The summed E-state index contributed by atoms with van der Waals surface area (Å²) >= 11 is 0. The van der Waals surface area contributed by atoms with Crippen LogP contribution in [-0.4, -0.2) is 19.0 Å². The standard InChI is InChI=1S/C22H20O5/c1-25-15-8-6-14(7-9-15)18-13-22(24)27-21-12-16(10-11-17(18)21)26-20-5-3-2-4-19(20)23/h6-13,20H,2-5H2,1H3. The van der Waals surface area contributed by atoms with Gasteiger partial charge in [0.25, 0.3) is 0 Å². The summed E-state index contributed by atoms with van der Waals surface area (Å²) in [7, 11) is 1.61. The quantitative estimate of drug-likeness (QED) is 0.644. The van der Waals surface area contributed by atoms with Crippen molar-refractivity contribution in [1.82, 2.24) is 0 Å². The van der Waals surface area contributed by atoms with Crippen LogP contribution in [0.1, 0.15) is 25.7 Å². The van der Waals surface area contributed by atoms with E-state index in [4.69, 9.17) is 13.9 Å². The van der Waals surface area contributed by atoms with Crippen LogP contribution in [-0.2, 0) is 4.79 Å². The second-order valence-corrected chi connectivity index (χ2v) is 6.68. The zero-order valence-electron chi connectivity index (χ0n) is 15.1. The summed E-state index contributed by atoms with van der Waals surface area (Å²) < 4.78 is 16.4. The molecule has 3 aromatic rings. The summed E-state index contributed by atoms with van der Waals surface area (Å²) in [5.74, 6) is 1.42. The number of carbonyl (C=O) groups is 1. The maximum atomic E-state index is 12.1. The number of hydrogen-bond acceptors (Lipinski definition) is 5. The van der Waals surface area contributed by atoms with Gasteiger partial charge in [-0.2, -0.15) is 0 Å². The summed E-state index contributed by atoms with van der Waals surface area (Å²) in [5.41, 5.74) is 1.68. The first kappa shape index (κ1) is 17.3. The van der Waals surface area contributed by atoms with E-state index in [1.165, 1.54) is 6.07 Å². The van der Waals surface area contributed by atoms with Crippen LogP contribution in [0.3, 0.4) is 0 Å². The van der Waals surface area contributed by atoms with Gasteiger partial charge in [-0.1, -0.05) is 12.1 Å². The van der Waals surface area contributed by atoms with E-state index in [2.05, 4.69) is 0 Å². The van der Waals surface area contributed by atoms with Crippen LogP contribution in [0.5, 0.6) is 11.5 Å². The molecule has 1 aliphatic rings. The number of ether oxygens (including phenoxy) is 2. The molecule has 1 saturated carbocycles. The molecule has 1 fully saturated rings. The van der Waals surface area contributed by atoms with Crippen LogP contribution in [0.25, 0.3) is 22.1 Å². The van der Waals surface area contributed by atoms with E-state index in [0.29, 0.717) is 17.8 Å². The van der Waals surface area contributed by atoms with Crippen molar-refractivity contribution in [3.05, 3.63) is 59.0 Å². The molecule has 0 amide bonds. The number of Topliss-reactive ketones (excluding diaryl/α,β-unsaturated/α-hetero) is 1. The van der Waals surface area contributed by atoms with Crippen molar-refractivity contribution in [2.24, 2.45) is 0 Å². The number of carbonyl (C=O) groups excluding carboxylic acids is 1. The van der Waals surface area contributed by atoms with Crippen molar-refractivity contribution in [3.63, 3.8) is 0 Å². The van der Waals surface area contributed by atoms with E-state index in [0.717, 1.165) is 41.5 Å². The van der Waals surface area contributed by atoms with Crippen LogP contribution < -0.4 is 15.1 Å². The lowest BCUT2D eigenvalue weighted by Crippen LogP contribution is -2.30. The lowest BCUT2D eigenvalue weighted by atomic mass is 9.96. The fourth-order valence-electron chi connectivity index (χ4n) is 3.47. The largest absolute Gasteiger partial charge is 0.497 e. The van der Waals surface area contributed by atoms with E-state index in [1.807, 2.05) is 36.4 Å². The molecule has 1 heterocycles. The second kappa shape index (κ2) is 7.27. The predicted octanol–water partition coefficient (Wildman–Crippen LogP) is 4.36. The summed E-state index contributed by atoms with van der Waals surface area (Å²) in [6.45, 7) is 0. The van der Waals surface area contributed by atoms with Gasteiger partial charge >= 0.3 is 5.63 Å². The molecule has 1 unspecified atom stereocenters. The topological polar surface area (TPSA) is 65.7 Å². The average Bonchev–Trinajstić information content (AvgIpc) is 2.69. The van der Waals surface area contributed by atoms with Crippen LogP contribution in [0.15, 0.2) is 57.7 Å². The van der Waals surface area contributed by atoms with E-state index in [1.54, 1.807) is 13.2 Å². The Labute approximate surface area is 156 Å². The van der Waals surface area contributed by atoms with E-state index in [9.17, 15) is 9.59 Å². The Kier molecular flexibility index (Phi) is 4.67. The van der Waals surface area contributed by atoms with Gasteiger partial charge in [-0.05, 0) is 54.7 Å². The second-order valence-electron chi connectivity index (χ2n) is 6.68. The fourth-order valence-corrected chi connectivity index (χ4v) is 3.47. The molecule has 138 valence electrons. The third-order valence-corrected chi connectivity index (χ3v) is 4.89. The van der Waals surface area contributed by atoms with Gasteiger partial charge in [-0.15, -0.1) is 0 Å². The van der Waals surface area contributed by atoms with Gasteiger partial charge < -0.3 is 13.9 Å². The summed E-state index contributed by atoms with van der Waals surface area (Å²) in [6.07, 6.45) is 2.80. The number of rotatable bonds is 4. The summed E-state index contributed by atoms with van der Waals surface area (Å²) in [6, 6.07) is 14.3. The van der Waals surface area contributed by atoms with E-state index in [-0.39, 0.29) is 5.78 Å². The van der Waals surface area contributed by atoms with Crippen molar-refractivity contribution < 1.29 is 18.7 Å². The van der Waals surface area contributed by atoms with Crippen LogP contribution in [0.4, 0.5) is 0 Å². The van der Waals surface area contributed by atoms with Gasteiger partial charge in [0.15, 0.2) is 11.9 Å². The maximum absolute atomic E-state index is 12.1. The minimum Gasteiger partial charge on any atom is -0.497 e. The number of benzene rings is 2. The normalized spacial score (nSPS) is 17.1. The third kappa shape index (κ3) is 3.58. The Morgan fingerprint density at radius 2 is 1.74 bits per heavy atom. The van der Waals surface area contributed by atoms with Crippen molar-refractivity contribution in [3.8, 4) is 22.6 Å². The minimum atomic E-state index is -0.431. The van der Waals surface area contributed by atoms with Gasteiger partial charge in [0.1, 0.15) is 17.1 Å². The van der Waals surface area contributed by atoms with E-state index >= 15 is 0 Å². The predicted molar refractivity (Wildman–Crippen MR) is 102 cm³/mol. The molecule has 0 spiro atoms. The minimum absolute atomic E-state index is 0.134. The van der Waals surface area contributed by atoms with Gasteiger partial charge in [0.05, 0.1) is 7.11 Å². The molecular weight excluding hydrogens is 344 g/mol. The fraction of sp³-hybridized carbons (Fsp3) is 0.273. The van der Waals surface area contributed by atoms with Gasteiger partial charge in [0.2, 0.25) is 0 Å². The lowest BCUT2D eigenvalue weighted by molar-refractivity contribution is -0.127. The van der Waals surface area contributed by atoms with Crippen LogP contribution in [0, 0.1) is 0 Å². The SMILES string of the molecule is COc1ccc(-c2cc(=O)oc3cc(OC4CCCCC4=O)ccc23)cc1.